The van der Waals surface area contributed by atoms with Gasteiger partial charge in [0.15, 0.2) is 5.60 Å². The van der Waals surface area contributed by atoms with Crippen LogP contribution in [-0.4, -0.2) is 29.2 Å². The molecule has 1 N–H and O–H groups in total. The average Bonchev–Trinajstić information content (AvgIpc) is 2.51. The first-order valence-corrected chi connectivity index (χ1v) is 9.51. The highest BCUT2D eigenvalue weighted by atomic mass is 19.4. The monoisotopic (exact) mass is 428 g/mol. The van der Waals surface area contributed by atoms with Gasteiger partial charge in [-0.1, -0.05) is 19.3 Å². The molecule has 0 amide bonds. The average molecular weight is 428 g/mol. The standard InChI is InChI=1S/C18H25F9O/c19-15(20,21)10-14(11-16(22,23)24)8-6-13(7-9-14)17(28,18(25,26)27)12-4-2-1-3-5-12/h12-13,28H,1-11H2. The predicted molar refractivity (Wildman–Crippen MR) is 83.3 cm³/mol. The molecule has 28 heavy (non-hydrogen) atoms. The molecule has 1 unspecified atom stereocenters. The second-order valence-corrected chi connectivity index (χ2v) is 8.52. The molecule has 2 aliphatic rings. The summed E-state index contributed by atoms with van der Waals surface area (Å²) in [6, 6.07) is 0. The highest BCUT2D eigenvalue weighted by molar-refractivity contribution is 5.03. The Balaban J connectivity index is 2.23. The van der Waals surface area contributed by atoms with Gasteiger partial charge in [0.1, 0.15) is 0 Å². The van der Waals surface area contributed by atoms with Crippen LogP contribution in [0.3, 0.4) is 0 Å². The van der Waals surface area contributed by atoms with Crippen molar-refractivity contribution in [2.24, 2.45) is 17.3 Å². The van der Waals surface area contributed by atoms with Crippen LogP contribution in [0.25, 0.3) is 0 Å². The van der Waals surface area contributed by atoms with E-state index in [1.54, 1.807) is 0 Å². The zero-order valence-electron chi connectivity index (χ0n) is 15.3. The molecule has 0 spiro atoms. The second kappa shape index (κ2) is 7.87. The van der Waals surface area contributed by atoms with Crippen LogP contribution >= 0.6 is 0 Å². The van der Waals surface area contributed by atoms with E-state index in [0.717, 1.165) is 6.42 Å². The minimum Gasteiger partial charge on any atom is -0.380 e. The van der Waals surface area contributed by atoms with E-state index >= 15 is 0 Å². The predicted octanol–water partition coefficient (Wildman–Crippen LogP) is 6.94. The second-order valence-electron chi connectivity index (χ2n) is 8.52. The zero-order chi connectivity index (χ0) is 21.4. The Labute approximate surface area is 157 Å². The molecule has 0 aromatic rings. The van der Waals surface area contributed by atoms with Gasteiger partial charge in [-0.3, -0.25) is 0 Å². The largest absolute Gasteiger partial charge is 0.417 e. The van der Waals surface area contributed by atoms with Crippen molar-refractivity contribution in [2.75, 3.05) is 0 Å². The lowest BCUT2D eigenvalue weighted by molar-refractivity contribution is -0.309. The van der Waals surface area contributed by atoms with Crippen molar-refractivity contribution < 1.29 is 44.6 Å². The van der Waals surface area contributed by atoms with Crippen LogP contribution in [0.1, 0.15) is 70.6 Å². The Bertz CT molecular complexity index is 491. The third-order valence-corrected chi connectivity index (χ3v) is 6.50. The first kappa shape index (κ1) is 23.6. The van der Waals surface area contributed by atoms with Crippen LogP contribution in [0.15, 0.2) is 0 Å². The molecule has 0 saturated heterocycles. The van der Waals surface area contributed by atoms with Crippen molar-refractivity contribution in [1.82, 2.24) is 0 Å². The number of aliphatic hydroxyl groups is 1. The molecule has 2 fully saturated rings. The molecule has 1 nitrogen and oxygen atoms in total. The fourth-order valence-corrected chi connectivity index (χ4v) is 5.28. The number of hydrogen-bond donors (Lipinski definition) is 1. The number of rotatable bonds is 4. The van der Waals surface area contributed by atoms with E-state index in [-0.39, 0.29) is 12.8 Å². The Hall–Kier alpha value is -0.670. The van der Waals surface area contributed by atoms with Crippen molar-refractivity contribution in [3.63, 3.8) is 0 Å². The highest BCUT2D eigenvalue weighted by Crippen LogP contribution is 2.57. The molecule has 0 aromatic carbocycles. The maximum atomic E-state index is 13.8. The molecule has 2 aliphatic carbocycles. The maximum Gasteiger partial charge on any atom is 0.417 e. The summed E-state index contributed by atoms with van der Waals surface area (Å²) >= 11 is 0. The Morgan fingerprint density at radius 2 is 1.04 bits per heavy atom. The summed E-state index contributed by atoms with van der Waals surface area (Å²) in [6.07, 6.45) is -18.2. The summed E-state index contributed by atoms with van der Waals surface area (Å²) in [4.78, 5) is 0. The minimum absolute atomic E-state index is 0.156. The first-order chi connectivity index (χ1) is 12.6. The van der Waals surface area contributed by atoms with Gasteiger partial charge in [0.05, 0.1) is 0 Å². The Morgan fingerprint density at radius 3 is 1.39 bits per heavy atom. The van der Waals surface area contributed by atoms with Gasteiger partial charge in [-0.15, -0.1) is 0 Å². The van der Waals surface area contributed by atoms with Gasteiger partial charge < -0.3 is 5.11 Å². The number of alkyl halides is 9. The van der Waals surface area contributed by atoms with E-state index in [2.05, 4.69) is 0 Å². The van der Waals surface area contributed by atoms with Crippen LogP contribution in [-0.2, 0) is 0 Å². The van der Waals surface area contributed by atoms with Crippen LogP contribution in [0.5, 0.6) is 0 Å². The van der Waals surface area contributed by atoms with Gasteiger partial charge in [0.25, 0.3) is 0 Å². The molecule has 2 rings (SSSR count). The molecule has 2 saturated carbocycles. The number of hydrogen-bond acceptors (Lipinski definition) is 1. The van der Waals surface area contributed by atoms with Gasteiger partial charge in [0.2, 0.25) is 0 Å². The summed E-state index contributed by atoms with van der Waals surface area (Å²) in [5, 5.41) is 10.7. The molecule has 166 valence electrons. The molecular formula is C18H25F9O. The van der Waals surface area contributed by atoms with E-state index in [9.17, 15) is 44.6 Å². The SMILES string of the molecule is OC(C1CCCCC1)(C1CCC(CC(F)(F)F)(CC(F)(F)F)CC1)C(F)(F)F. The van der Waals surface area contributed by atoms with Crippen molar-refractivity contribution in [3.8, 4) is 0 Å². The molecule has 0 bridgehead atoms. The molecule has 0 aliphatic heterocycles. The van der Waals surface area contributed by atoms with Crippen LogP contribution < -0.4 is 0 Å². The lowest BCUT2D eigenvalue weighted by atomic mass is 9.59. The molecule has 0 heterocycles. The van der Waals surface area contributed by atoms with Gasteiger partial charge in [0, 0.05) is 12.8 Å². The van der Waals surface area contributed by atoms with Gasteiger partial charge in [-0.05, 0) is 55.8 Å². The normalized spacial score (nSPS) is 25.5. The third kappa shape index (κ3) is 5.48. The van der Waals surface area contributed by atoms with E-state index in [0.29, 0.717) is 12.8 Å². The van der Waals surface area contributed by atoms with Crippen LogP contribution in [0.4, 0.5) is 39.5 Å². The topological polar surface area (TPSA) is 20.2 Å². The molecule has 0 radical (unpaired) electrons. The van der Waals surface area contributed by atoms with E-state index in [1.165, 1.54) is 0 Å². The number of halogens is 9. The van der Waals surface area contributed by atoms with Crippen LogP contribution in [0, 0.1) is 17.3 Å². The summed E-state index contributed by atoms with van der Waals surface area (Å²) in [5.74, 6) is -2.45. The van der Waals surface area contributed by atoms with Crippen molar-refractivity contribution in [2.45, 2.75) is 94.8 Å². The van der Waals surface area contributed by atoms with Gasteiger partial charge in [-0.2, -0.15) is 39.5 Å². The summed E-state index contributed by atoms with van der Waals surface area (Å²) in [7, 11) is 0. The Morgan fingerprint density at radius 1 is 0.643 bits per heavy atom. The fourth-order valence-electron chi connectivity index (χ4n) is 5.28. The Kier molecular flexibility index (Phi) is 6.64. The molecule has 0 aromatic heterocycles. The van der Waals surface area contributed by atoms with E-state index in [1.807, 2.05) is 0 Å². The smallest absolute Gasteiger partial charge is 0.380 e. The van der Waals surface area contributed by atoms with Gasteiger partial charge in [-0.25, -0.2) is 0 Å². The fraction of sp³-hybridized carbons (Fsp3) is 1.00. The summed E-state index contributed by atoms with van der Waals surface area (Å²) in [6.45, 7) is 0. The minimum atomic E-state index is -4.98. The maximum absolute atomic E-state index is 13.8. The summed E-state index contributed by atoms with van der Waals surface area (Å²) < 4.78 is 119. The van der Waals surface area contributed by atoms with Crippen molar-refractivity contribution in [3.05, 3.63) is 0 Å². The quantitative estimate of drug-likeness (QED) is 0.481. The third-order valence-electron chi connectivity index (χ3n) is 6.50. The lowest BCUT2D eigenvalue weighted by Gasteiger charge is -2.49. The molecule has 1 atom stereocenters. The molecule has 10 heteroatoms. The van der Waals surface area contributed by atoms with E-state index in [4.69, 9.17) is 0 Å². The van der Waals surface area contributed by atoms with E-state index < -0.39 is 79.9 Å². The van der Waals surface area contributed by atoms with Gasteiger partial charge >= 0.3 is 18.5 Å². The van der Waals surface area contributed by atoms with Crippen LogP contribution in [0.2, 0.25) is 0 Å². The van der Waals surface area contributed by atoms with Crippen molar-refractivity contribution >= 4 is 0 Å². The molecular weight excluding hydrogens is 403 g/mol. The lowest BCUT2D eigenvalue weighted by Crippen LogP contribution is -2.58. The highest BCUT2D eigenvalue weighted by Gasteiger charge is 2.63. The zero-order valence-corrected chi connectivity index (χ0v) is 15.3. The van der Waals surface area contributed by atoms with Crippen molar-refractivity contribution in [1.29, 1.82) is 0 Å². The summed E-state index contributed by atoms with van der Waals surface area (Å²) in [5.41, 5.74) is -5.22. The first-order valence-electron chi connectivity index (χ1n) is 9.51.